The number of aromatic nitrogens is 2. The van der Waals surface area contributed by atoms with Crippen LogP contribution >= 0.6 is 0 Å². The van der Waals surface area contributed by atoms with E-state index in [1.807, 2.05) is 0 Å². The van der Waals surface area contributed by atoms with E-state index in [0.717, 1.165) is 6.07 Å². The zero-order chi connectivity index (χ0) is 15.0. The van der Waals surface area contributed by atoms with Gasteiger partial charge in [0.1, 0.15) is 5.82 Å². The summed E-state index contributed by atoms with van der Waals surface area (Å²) in [4.78, 5) is 8.11. The third-order valence-corrected chi connectivity index (χ3v) is 3.14. The van der Waals surface area contributed by atoms with Crippen molar-refractivity contribution < 1.29 is 13.2 Å². The maximum Gasteiger partial charge on any atom is 0.417 e. The molecule has 3 aromatic rings. The van der Waals surface area contributed by atoms with Crippen molar-refractivity contribution in [3.63, 3.8) is 0 Å². The Hall–Kier alpha value is -2.63. The van der Waals surface area contributed by atoms with Gasteiger partial charge in [-0.15, -0.1) is 0 Å². The third kappa shape index (κ3) is 2.40. The predicted molar refractivity (Wildman–Crippen MR) is 74.4 cm³/mol. The summed E-state index contributed by atoms with van der Waals surface area (Å²) in [7, 11) is 0. The minimum absolute atomic E-state index is 0.0146. The molecule has 2 aromatic heterocycles. The number of halogens is 3. The number of nitrogens with zero attached hydrogens (tertiary/aromatic N) is 2. The Bertz CT molecular complexity index is 813. The van der Waals surface area contributed by atoms with E-state index in [9.17, 15) is 13.2 Å². The van der Waals surface area contributed by atoms with Crippen LogP contribution in [0.2, 0.25) is 0 Å². The van der Waals surface area contributed by atoms with Gasteiger partial charge in [0.2, 0.25) is 0 Å². The van der Waals surface area contributed by atoms with Crippen LogP contribution in [0.25, 0.3) is 22.2 Å². The first-order valence-electron chi connectivity index (χ1n) is 6.14. The summed E-state index contributed by atoms with van der Waals surface area (Å²) in [5.41, 5.74) is 5.75. The molecule has 21 heavy (non-hydrogen) atoms. The minimum Gasteiger partial charge on any atom is -0.383 e. The van der Waals surface area contributed by atoms with E-state index >= 15 is 0 Å². The number of benzene rings is 1. The van der Waals surface area contributed by atoms with Crippen LogP contribution in [0.4, 0.5) is 19.0 Å². The monoisotopic (exact) mass is 289 g/mol. The van der Waals surface area contributed by atoms with Gasteiger partial charge in [-0.2, -0.15) is 13.2 Å². The molecule has 0 saturated carbocycles. The van der Waals surface area contributed by atoms with Gasteiger partial charge in [0.25, 0.3) is 0 Å². The first kappa shape index (κ1) is 13.4. The standard InChI is InChI=1S/C15H10F3N3/c16-15(17,18)12-6-2-1-5-10(12)11-8-9-4-3-7-20-14(9)21-13(11)19/h1-8H,(H2,19,20,21). The van der Waals surface area contributed by atoms with Crippen molar-refractivity contribution in [2.24, 2.45) is 0 Å². The predicted octanol–water partition coefficient (Wildman–Crippen LogP) is 3.90. The summed E-state index contributed by atoms with van der Waals surface area (Å²) in [6, 6.07) is 10.3. The normalized spacial score (nSPS) is 11.8. The van der Waals surface area contributed by atoms with Crippen molar-refractivity contribution >= 4 is 16.9 Å². The van der Waals surface area contributed by atoms with Gasteiger partial charge in [-0.1, -0.05) is 18.2 Å². The second-order valence-electron chi connectivity index (χ2n) is 4.51. The van der Waals surface area contributed by atoms with Gasteiger partial charge in [-0.25, -0.2) is 9.97 Å². The summed E-state index contributed by atoms with van der Waals surface area (Å²) in [6.07, 6.45) is -2.90. The van der Waals surface area contributed by atoms with E-state index in [-0.39, 0.29) is 16.9 Å². The lowest BCUT2D eigenvalue weighted by Gasteiger charge is -2.14. The molecule has 2 N–H and O–H groups in total. The van der Waals surface area contributed by atoms with Crippen molar-refractivity contribution in [2.75, 3.05) is 5.73 Å². The summed E-state index contributed by atoms with van der Waals surface area (Å²) in [6.45, 7) is 0. The SMILES string of the molecule is Nc1nc2ncccc2cc1-c1ccccc1C(F)(F)F. The zero-order valence-electron chi connectivity index (χ0n) is 10.7. The Kier molecular flexibility index (Phi) is 3.01. The molecule has 106 valence electrons. The van der Waals surface area contributed by atoms with E-state index in [4.69, 9.17) is 5.73 Å². The Morgan fingerprint density at radius 3 is 2.48 bits per heavy atom. The molecule has 2 heterocycles. The molecule has 0 aliphatic carbocycles. The Morgan fingerprint density at radius 2 is 1.71 bits per heavy atom. The average Bonchev–Trinajstić information content (AvgIpc) is 2.45. The number of hydrogen-bond acceptors (Lipinski definition) is 3. The Labute approximate surface area is 118 Å². The molecule has 0 saturated heterocycles. The fourth-order valence-corrected chi connectivity index (χ4v) is 2.20. The number of nitrogen functional groups attached to an aromatic ring is 1. The molecule has 0 aliphatic heterocycles. The molecule has 3 rings (SSSR count). The number of alkyl halides is 3. The van der Waals surface area contributed by atoms with Crippen LogP contribution in [0.1, 0.15) is 5.56 Å². The van der Waals surface area contributed by atoms with Gasteiger partial charge in [0, 0.05) is 17.1 Å². The molecule has 0 spiro atoms. The van der Waals surface area contributed by atoms with E-state index < -0.39 is 11.7 Å². The first-order chi connectivity index (χ1) is 9.97. The van der Waals surface area contributed by atoms with Gasteiger partial charge in [-0.3, -0.25) is 0 Å². The van der Waals surface area contributed by atoms with Crippen molar-refractivity contribution in [1.82, 2.24) is 9.97 Å². The van der Waals surface area contributed by atoms with Crippen molar-refractivity contribution in [3.05, 3.63) is 54.2 Å². The lowest BCUT2D eigenvalue weighted by atomic mass is 9.99. The lowest BCUT2D eigenvalue weighted by Crippen LogP contribution is -2.08. The smallest absolute Gasteiger partial charge is 0.383 e. The fourth-order valence-electron chi connectivity index (χ4n) is 2.20. The molecule has 1 aromatic carbocycles. The van der Waals surface area contributed by atoms with E-state index in [1.54, 1.807) is 24.4 Å². The maximum absolute atomic E-state index is 13.1. The number of hydrogen-bond donors (Lipinski definition) is 1. The van der Waals surface area contributed by atoms with Crippen molar-refractivity contribution in [1.29, 1.82) is 0 Å². The van der Waals surface area contributed by atoms with E-state index in [2.05, 4.69) is 9.97 Å². The maximum atomic E-state index is 13.1. The number of nitrogens with two attached hydrogens (primary N) is 1. The molecule has 0 fully saturated rings. The molecule has 3 nitrogen and oxygen atoms in total. The van der Waals surface area contributed by atoms with Gasteiger partial charge in [0.15, 0.2) is 5.65 Å². The largest absolute Gasteiger partial charge is 0.417 e. The van der Waals surface area contributed by atoms with Crippen LogP contribution in [-0.2, 0) is 6.18 Å². The van der Waals surface area contributed by atoms with Crippen LogP contribution in [0, 0.1) is 0 Å². The van der Waals surface area contributed by atoms with Crippen LogP contribution < -0.4 is 5.73 Å². The highest BCUT2D eigenvalue weighted by molar-refractivity contribution is 5.87. The quantitative estimate of drug-likeness (QED) is 0.739. The topological polar surface area (TPSA) is 51.8 Å². The lowest BCUT2D eigenvalue weighted by molar-refractivity contribution is -0.137. The van der Waals surface area contributed by atoms with Gasteiger partial charge in [0.05, 0.1) is 5.56 Å². The summed E-state index contributed by atoms with van der Waals surface area (Å²) < 4.78 is 39.3. The van der Waals surface area contributed by atoms with E-state index in [0.29, 0.717) is 11.0 Å². The van der Waals surface area contributed by atoms with Gasteiger partial charge in [-0.05, 0) is 29.8 Å². The summed E-state index contributed by atoms with van der Waals surface area (Å²) in [5, 5.41) is 0.638. The molecule has 0 radical (unpaired) electrons. The van der Waals surface area contributed by atoms with Crippen LogP contribution in [0.3, 0.4) is 0 Å². The second kappa shape index (κ2) is 4.73. The van der Waals surface area contributed by atoms with Crippen LogP contribution in [-0.4, -0.2) is 9.97 Å². The fraction of sp³-hybridized carbons (Fsp3) is 0.0667. The molecule has 0 unspecified atom stereocenters. The van der Waals surface area contributed by atoms with Gasteiger partial charge >= 0.3 is 6.18 Å². The summed E-state index contributed by atoms with van der Waals surface area (Å²) in [5.74, 6) is 0.0258. The summed E-state index contributed by atoms with van der Waals surface area (Å²) >= 11 is 0. The number of fused-ring (bicyclic) bond motifs is 1. The number of rotatable bonds is 1. The highest BCUT2D eigenvalue weighted by Crippen LogP contribution is 2.39. The molecular formula is C15H10F3N3. The second-order valence-corrected chi connectivity index (χ2v) is 4.51. The van der Waals surface area contributed by atoms with Crippen molar-refractivity contribution in [2.45, 2.75) is 6.18 Å². The number of pyridine rings is 2. The highest BCUT2D eigenvalue weighted by Gasteiger charge is 2.33. The molecule has 0 amide bonds. The number of anilines is 1. The molecular weight excluding hydrogens is 279 g/mol. The van der Waals surface area contributed by atoms with Crippen molar-refractivity contribution in [3.8, 4) is 11.1 Å². The highest BCUT2D eigenvalue weighted by atomic mass is 19.4. The third-order valence-electron chi connectivity index (χ3n) is 3.14. The van der Waals surface area contributed by atoms with Crippen LogP contribution in [0.15, 0.2) is 48.7 Å². The Balaban J connectivity index is 2.28. The zero-order valence-corrected chi connectivity index (χ0v) is 10.7. The van der Waals surface area contributed by atoms with E-state index in [1.165, 1.54) is 18.2 Å². The molecule has 0 bridgehead atoms. The Morgan fingerprint density at radius 1 is 0.952 bits per heavy atom. The first-order valence-corrected chi connectivity index (χ1v) is 6.14. The minimum atomic E-state index is -4.45. The van der Waals surface area contributed by atoms with Crippen LogP contribution in [0.5, 0.6) is 0 Å². The average molecular weight is 289 g/mol. The van der Waals surface area contributed by atoms with Gasteiger partial charge < -0.3 is 5.73 Å². The molecule has 0 aliphatic rings. The molecule has 6 heteroatoms. The molecule has 0 atom stereocenters.